The summed E-state index contributed by atoms with van der Waals surface area (Å²) in [5.74, 6) is -0.354. The van der Waals surface area contributed by atoms with Gasteiger partial charge in [-0.15, -0.1) is 0 Å². The molecule has 2 unspecified atom stereocenters. The molecule has 1 aromatic carbocycles. The summed E-state index contributed by atoms with van der Waals surface area (Å²) in [5, 5.41) is 2.87. The van der Waals surface area contributed by atoms with E-state index in [1.165, 1.54) is 0 Å². The number of carbonyl (C=O) groups is 1. The summed E-state index contributed by atoms with van der Waals surface area (Å²) < 4.78 is 0. The molecule has 0 aliphatic heterocycles. The van der Waals surface area contributed by atoms with Crippen LogP contribution >= 0.6 is 0 Å². The lowest BCUT2D eigenvalue weighted by atomic mass is 9.95. The average Bonchev–Trinajstić information content (AvgIpc) is 2.53. The van der Waals surface area contributed by atoms with Crippen LogP contribution in [0.15, 0.2) is 54.7 Å². The molecule has 0 aliphatic rings. The number of nitrogens with zero attached hydrogens (tertiary/aromatic N) is 1. The van der Waals surface area contributed by atoms with Gasteiger partial charge in [-0.25, -0.2) is 0 Å². The normalized spacial score (nSPS) is 13.5. The van der Waals surface area contributed by atoms with Gasteiger partial charge in [-0.3, -0.25) is 9.78 Å². The molecule has 0 spiro atoms. The van der Waals surface area contributed by atoms with E-state index in [-0.39, 0.29) is 17.9 Å². The van der Waals surface area contributed by atoms with Crippen LogP contribution in [0, 0.1) is 5.92 Å². The number of carbonyl (C=O) groups excluding carboxylic acids is 1. The van der Waals surface area contributed by atoms with E-state index in [0.717, 1.165) is 11.3 Å². The van der Waals surface area contributed by atoms with Crippen LogP contribution in [0.2, 0.25) is 0 Å². The molecule has 3 N–H and O–H groups in total. The molecule has 0 saturated heterocycles. The number of nitrogens with one attached hydrogen (secondary N) is 1. The lowest BCUT2D eigenvalue weighted by Crippen LogP contribution is -2.35. The quantitative estimate of drug-likeness (QED) is 0.872. The molecule has 2 aromatic rings. The highest BCUT2D eigenvalue weighted by Crippen LogP contribution is 2.19. The first kappa shape index (κ1) is 14.2. The van der Waals surface area contributed by atoms with Gasteiger partial charge >= 0.3 is 0 Å². The molecule has 0 bridgehead atoms. The summed E-state index contributed by atoms with van der Waals surface area (Å²) in [7, 11) is 0. The molecule has 1 heterocycles. The Labute approximate surface area is 119 Å². The van der Waals surface area contributed by atoms with E-state index in [1.54, 1.807) is 6.20 Å². The average molecular weight is 269 g/mol. The maximum absolute atomic E-state index is 12.1. The van der Waals surface area contributed by atoms with Crippen molar-refractivity contribution in [1.29, 1.82) is 0 Å². The van der Waals surface area contributed by atoms with E-state index >= 15 is 0 Å². The number of aromatic nitrogens is 1. The van der Waals surface area contributed by atoms with Crippen molar-refractivity contribution in [1.82, 2.24) is 10.3 Å². The van der Waals surface area contributed by atoms with Gasteiger partial charge in [0.05, 0.1) is 18.2 Å². The van der Waals surface area contributed by atoms with E-state index in [9.17, 15) is 4.79 Å². The predicted molar refractivity (Wildman–Crippen MR) is 78.6 cm³/mol. The third-order valence-electron chi connectivity index (χ3n) is 3.31. The minimum Gasteiger partial charge on any atom is -0.350 e. The van der Waals surface area contributed by atoms with Crippen LogP contribution in [0.5, 0.6) is 0 Å². The minimum atomic E-state index is -0.306. The van der Waals surface area contributed by atoms with Gasteiger partial charge in [0.2, 0.25) is 5.91 Å². The largest absolute Gasteiger partial charge is 0.350 e. The molecule has 0 aliphatic carbocycles. The van der Waals surface area contributed by atoms with Crippen molar-refractivity contribution >= 4 is 5.91 Å². The first-order valence-corrected chi connectivity index (χ1v) is 6.66. The number of nitrogens with two attached hydrogens (primary N) is 1. The van der Waals surface area contributed by atoms with Gasteiger partial charge in [-0.1, -0.05) is 43.3 Å². The van der Waals surface area contributed by atoms with Crippen LogP contribution in [0.1, 0.15) is 24.2 Å². The second-order valence-electron chi connectivity index (χ2n) is 4.76. The van der Waals surface area contributed by atoms with Gasteiger partial charge in [-0.2, -0.15) is 0 Å². The smallest absolute Gasteiger partial charge is 0.225 e. The molecular formula is C16H19N3O. The van der Waals surface area contributed by atoms with Crippen molar-refractivity contribution in [2.45, 2.75) is 19.5 Å². The van der Waals surface area contributed by atoms with Crippen molar-refractivity contribution in [2.75, 3.05) is 0 Å². The van der Waals surface area contributed by atoms with Gasteiger partial charge in [0.1, 0.15) is 0 Å². The summed E-state index contributed by atoms with van der Waals surface area (Å²) in [6.45, 7) is 2.26. The van der Waals surface area contributed by atoms with Gasteiger partial charge in [0.15, 0.2) is 0 Å². The van der Waals surface area contributed by atoms with Crippen molar-refractivity contribution < 1.29 is 4.79 Å². The number of hydrogen-bond donors (Lipinski definition) is 2. The number of amides is 1. The fourth-order valence-electron chi connectivity index (χ4n) is 1.97. The maximum Gasteiger partial charge on any atom is 0.225 e. The Bertz CT molecular complexity index is 542. The molecular weight excluding hydrogens is 250 g/mol. The lowest BCUT2D eigenvalue weighted by Gasteiger charge is -2.19. The predicted octanol–water partition coefficient (Wildman–Crippen LogP) is 2.03. The molecule has 4 nitrogen and oxygen atoms in total. The van der Waals surface area contributed by atoms with E-state index in [4.69, 9.17) is 5.73 Å². The van der Waals surface area contributed by atoms with Crippen molar-refractivity contribution in [3.05, 3.63) is 66.0 Å². The Morgan fingerprint density at radius 3 is 2.55 bits per heavy atom. The molecule has 4 heteroatoms. The summed E-state index contributed by atoms with van der Waals surface area (Å²) in [6.07, 6.45) is 1.71. The Kier molecular flexibility index (Phi) is 4.85. The minimum absolute atomic E-state index is 0.0630. The summed E-state index contributed by atoms with van der Waals surface area (Å²) in [5.41, 5.74) is 7.93. The molecule has 20 heavy (non-hydrogen) atoms. The van der Waals surface area contributed by atoms with Crippen LogP contribution in [0.25, 0.3) is 0 Å². The molecule has 104 valence electrons. The maximum atomic E-state index is 12.1. The molecule has 2 rings (SSSR count). The Morgan fingerprint density at radius 2 is 1.90 bits per heavy atom. The first-order chi connectivity index (χ1) is 9.68. The van der Waals surface area contributed by atoms with E-state index in [1.807, 2.05) is 55.5 Å². The topological polar surface area (TPSA) is 68.0 Å². The molecule has 2 atom stereocenters. The van der Waals surface area contributed by atoms with Crippen molar-refractivity contribution in [3.8, 4) is 0 Å². The van der Waals surface area contributed by atoms with E-state index < -0.39 is 0 Å². The second-order valence-corrected chi connectivity index (χ2v) is 4.76. The molecule has 1 amide bonds. The third kappa shape index (κ3) is 3.65. The molecule has 1 aromatic heterocycles. The number of hydrogen-bond acceptors (Lipinski definition) is 3. The first-order valence-electron chi connectivity index (χ1n) is 6.66. The second kappa shape index (κ2) is 6.82. The van der Waals surface area contributed by atoms with Crippen LogP contribution in [0.3, 0.4) is 0 Å². The van der Waals surface area contributed by atoms with Crippen LogP contribution in [0.4, 0.5) is 0 Å². The number of rotatable bonds is 5. The monoisotopic (exact) mass is 269 g/mol. The van der Waals surface area contributed by atoms with E-state index in [0.29, 0.717) is 6.54 Å². The fraction of sp³-hybridized carbons (Fsp3) is 0.250. The standard InChI is InChI=1S/C16H19N3O/c1-12(15(17)13-7-3-2-4-8-13)16(20)19-11-14-9-5-6-10-18-14/h2-10,12,15H,11,17H2,1H3,(H,19,20). The summed E-state index contributed by atoms with van der Waals surface area (Å²) in [6, 6.07) is 15.0. The third-order valence-corrected chi connectivity index (χ3v) is 3.31. The number of pyridine rings is 1. The van der Waals surface area contributed by atoms with Crippen LogP contribution in [-0.4, -0.2) is 10.9 Å². The van der Waals surface area contributed by atoms with Crippen molar-refractivity contribution in [3.63, 3.8) is 0 Å². The Hall–Kier alpha value is -2.20. The van der Waals surface area contributed by atoms with E-state index in [2.05, 4.69) is 10.3 Å². The highest BCUT2D eigenvalue weighted by molar-refractivity contribution is 5.79. The van der Waals surface area contributed by atoms with Gasteiger partial charge in [-0.05, 0) is 17.7 Å². The van der Waals surface area contributed by atoms with Crippen LogP contribution in [-0.2, 0) is 11.3 Å². The van der Waals surface area contributed by atoms with Crippen LogP contribution < -0.4 is 11.1 Å². The molecule has 0 radical (unpaired) electrons. The lowest BCUT2D eigenvalue weighted by molar-refractivity contribution is -0.125. The highest BCUT2D eigenvalue weighted by Gasteiger charge is 2.21. The summed E-state index contributed by atoms with van der Waals surface area (Å²) in [4.78, 5) is 16.3. The Balaban J connectivity index is 1.92. The zero-order chi connectivity index (χ0) is 14.4. The molecule has 0 fully saturated rings. The fourth-order valence-corrected chi connectivity index (χ4v) is 1.97. The van der Waals surface area contributed by atoms with Gasteiger partial charge in [0.25, 0.3) is 0 Å². The Morgan fingerprint density at radius 1 is 1.20 bits per heavy atom. The number of benzene rings is 1. The zero-order valence-electron chi connectivity index (χ0n) is 11.5. The SMILES string of the molecule is CC(C(=O)NCc1ccccn1)C(N)c1ccccc1. The van der Waals surface area contributed by atoms with Gasteiger partial charge < -0.3 is 11.1 Å². The zero-order valence-corrected chi connectivity index (χ0v) is 11.5. The van der Waals surface area contributed by atoms with Gasteiger partial charge in [0, 0.05) is 12.2 Å². The molecule has 0 saturated carbocycles. The van der Waals surface area contributed by atoms with Crippen molar-refractivity contribution in [2.24, 2.45) is 11.7 Å². The summed E-state index contributed by atoms with van der Waals surface area (Å²) >= 11 is 0. The highest BCUT2D eigenvalue weighted by atomic mass is 16.1.